The lowest BCUT2D eigenvalue weighted by Gasteiger charge is -2.44. The second-order valence-corrected chi connectivity index (χ2v) is 10.2. The van der Waals surface area contributed by atoms with Crippen LogP contribution in [0.1, 0.15) is 65.1 Å². The highest BCUT2D eigenvalue weighted by atomic mass is 19.1. The van der Waals surface area contributed by atoms with Gasteiger partial charge >= 0.3 is 0 Å². The van der Waals surface area contributed by atoms with E-state index in [4.69, 9.17) is 4.74 Å². The molecule has 0 bridgehead atoms. The number of hydrogen-bond donors (Lipinski definition) is 1. The van der Waals surface area contributed by atoms with Crippen molar-refractivity contribution in [1.82, 2.24) is 9.80 Å². The van der Waals surface area contributed by atoms with Gasteiger partial charge in [-0.1, -0.05) is 12.5 Å². The van der Waals surface area contributed by atoms with Crippen molar-refractivity contribution in [3.05, 3.63) is 58.4 Å². The van der Waals surface area contributed by atoms with Crippen molar-refractivity contribution in [2.24, 2.45) is 0 Å². The van der Waals surface area contributed by atoms with Crippen LogP contribution < -0.4 is 10.1 Å². The van der Waals surface area contributed by atoms with Gasteiger partial charge < -0.3 is 15.0 Å². The minimum absolute atomic E-state index is 0.126. The standard InChI is InChI=1S/C27H32FN3O2/c1-30-15-18-7-10-25-23(26(18)27(30)32)13-21(16-33-25)31(20-5-2-6-20)11-3-4-17-14-29-24-9-8-19(28)12-22(17)24/h7-10,12,17,20-21,29H,2-6,11,13-16H2,1H3. The first-order valence-corrected chi connectivity index (χ1v) is 12.4. The fourth-order valence-corrected chi connectivity index (χ4v) is 6.16. The van der Waals surface area contributed by atoms with Crippen molar-refractivity contribution in [2.75, 3.05) is 32.1 Å². The minimum atomic E-state index is -0.149. The SMILES string of the molecule is CN1Cc2ccc3c(c2C1=O)CC(N(CCCC1CNc2ccc(F)cc21)C1CCC1)CO3. The van der Waals surface area contributed by atoms with E-state index in [0.717, 1.165) is 66.0 Å². The Labute approximate surface area is 194 Å². The normalized spacial score (nSPS) is 23.6. The Balaban J connectivity index is 1.16. The molecule has 2 aromatic rings. The molecule has 174 valence electrons. The quantitative estimate of drug-likeness (QED) is 0.702. The van der Waals surface area contributed by atoms with Crippen LogP contribution in [-0.2, 0) is 13.0 Å². The summed E-state index contributed by atoms with van der Waals surface area (Å²) in [6, 6.07) is 10.1. The number of halogens is 1. The van der Waals surface area contributed by atoms with Crippen molar-refractivity contribution in [3.63, 3.8) is 0 Å². The average molecular weight is 450 g/mol. The first-order valence-electron chi connectivity index (χ1n) is 12.4. The van der Waals surface area contributed by atoms with Gasteiger partial charge in [-0.05, 0) is 74.0 Å². The molecule has 3 heterocycles. The molecule has 3 aliphatic heterocycles. The number of carbonyl (C=O) groups excluding carboxylic acids is 1. The molecule has 33 heavy (non-hydrogen) atoms. The third kappa shape index (κ3) is 3.68. The number of hydrogen-bond acceptors (Lipinski definition) is 4. The van der Waals surface area contributed by atoms with Crippen LogP contribution in [0.3, 0.4) is 0 Å². The van der Waals surface area contributed by atoms with E-state index < -0.39 is 0 Å². The molecule has 4 aliphatic rings. The van der Waals surface area contributed by atoms with Crippen LogP contribution in [0.4, 0.5) is 10.1 Å². The van der Waals surface area contributed by atoms with Gasteiger partial charge in [0.15, 0.2) is 0 Å². The lowest BCUT2D eigenvalue weighted by molar-refractivity contribution is 0.0425. The molecule has 0 spiro atoms. The minimum Gasteiger partial charge on any atom is -0.492 e. The predicted octanol–water partition coefficient (Wildman–Crippen LogP) is 4.56. The third-order valence-corrected chi connectivity index (χ3v) is 8.17. The summed E-state index contributed by atoms with van der Waals surface area (Å²) in [5, 5.41) is 3.43. The molecule has 1 N–H and O–H groups in total. The highest BCUT2D eigenvalue weighted by Crippen LogP contribution is 2.39. The number of amides is 1. The molecular weight excluding hydrogens is 417 g/mol. The van der Waals surface area contributed by atoms with Gasteiger partial charge in [-0.25, -0.2) is 4.39 Å². The summed E-state index contributed by atoms with van der Waals surface area (Å²) in [7, 11) is 1.87. The van der Waals surface area contributed by atoms with Crippen molar-refractivity contribution >= 4 is 11.6 Å². The highest BCUT2D eigenvalue weighted by Gasteiger charge is 2.37. The number of nitrogens with one attached hydrogen (secondary N) is 1. The van der Waals surface area contributed by atoms with E-state index in [1.54, 1.807) is 11.0 Å². The van der Waals surface area contributed by atoms with Crippen LogP contribution in [0.15, 0.2) is 30.3 Å². The molecule has 2 aromatic carbocycles. The molecule has 0 aromatic heterocycles. The lowest BCUT2D eigenvalue weighted by atomic mass is 9.87. The summed E-state index contributed by atoms with van der Waals surface area (Å²) >= 11 is 0. The average Bonchev–Trinajstić information content (AvgIpc) is 3.31. The molecule has 0 radical (unpaired) electrons. The van der Waals surface area contributed by atoms with Crippen LogP contribution in [0.5, 0.6) is 5.75 Å². The number of nitrogens with zero attached hydrogens (tertiary/aromatic N) is 2. The molecule has 2 atom stereocenters. The monoisotopic (exact) mass is 449 g/mol. The van der Waals surface area contributed by atoms with E-state index in [0.29, 0.717) is 31.2 Å². The Morgan fingerprint density at radius 3 is 2.91 bits per heavy atom. The molecule has 5 nitrogen and oxygen atoms in total. The third-order valence-electron chi connectivity index (χ3n) is 8.17. The first kappa shape index (κ1) is 21.0. The maximum atomic E-state index is 13.8. The number of anilines is 1. The summed E-state index contributed by atoms with van der Waals surface area (Å²) in [6.07, 6.45) is 6.80. The number of carbonyl (C=O) groups is 1. The fourth-order valence-electron chi connectivity index (χ4n) is 6.16. The molecule has 1 saturated carbocycles. The fraction of sp³-hybridized carbons (Fsp3) is 0.519. The van der Waals surface area contributed by atoms with Crippen molar-refractivity contribution in [1.29, 1.82) is 0 Å². The lowest BCUT2D eigenvalue weighted by Crippen LogP contribution is -2.51. The van der Waals surface area contributed by atoms with Gasteiger partial charge in [0.2, 0.25) is 0 Å². The molecule has 6 rings (SSSR count). The molecule has 6 heteroatoms. The summed E-state index contributed by atoms with van der Waals surface area (Å²) in [6.45, 7) is 3.29. The van der Waals surface area contributed by atoms with E-state index in [9.17, 15) is 9.18 Å². The van der Waals surface area contributed by atoms with Gasteiger partial charge in [-0.3, -0.25) is 9.69 Å². The molecule has 1 fully saturated rings. The van der Waals surface area contributed by atoms with E-state index in [2.05, 4.69) is 16.3 Å². The Morgan fingerprint density at radius 2 is 2.09 bits per heavy atom. The summed E-state index contributed by atoms with van der Waals surface area (Å²) in [5.74, 6) is 1.24. The van der Waals surface area contributed by atoms with Crippen LogP contribution in [-0.4, -0.2) is 54.5 Å². The molecule has 1 aliphatic carbocycles. The zero-order chi connectivity index (χ0) is 22.5. The van der Waals surface area contributed by atoms with Gasteiger partial charge in [-0.15, -0.1) is 0 Å². The van der Waals surface area contributed by atoms with E-state index in [1.807, 2.05) is 19.2 Å². The van der Waals surface area contributed by atoms with E-state index in [1.165, 1.54) is 25.3 Å². The Morgan fingerprint density at radius 1 is 1.21 bits per heavy atom. The van der Waals surface area contributed by atoms with Crippen LogP contribution >= 0.6 is 0 Å². The molecule has 0 saturated heterocycles. The highest BCUT2D eigenvalue weighted by molar-refractivity contribution is 6.00. The van der Waals surface area contributed by atoms with Crippen LogP contribution in [0, 0.1) is 5.82 Å². The second-order valence-electron chi connectivity index (χ2n) is 10.2. The van der Waals surface area contributed by atoms with Crippen LogP contribution in [0.25, 0.3) is 0 Å². The number of benzene rings is 2. The van der Waals surface area contributed by atoms with Crippen molar-refractivity contribution in [2.45, 2.75) is 63.1 Å². The topological polar surface area (TPSA) is 44.8 Å². The smallest absolute Gasteiger partial charge is 0.254 e. The number of ether oxygens (including phenoxy) is 1. The molecule has 1 amide bonds. The summed E-state index contributed by atoms with van der Waals surface area (Å²) < 4.78 is 20.0. The zero-order valence-electron chi connectivity index (χ0n) is 19.3. The van der Waals surface area contributed by atoms with Gasteiger partial charge in [0, 0.05) is 49.4 Å². The molecular formula is C27H32FN3O2. The van der Waals surface area contributed by atoms with Crippen LogP contribution in [0.2, 0.25) is 0 Å². The number of fused-ring (bicyclic) bond motifs is 4. The Bertz CT molecular complexity index is 1080. The van der Waals surface area contributed by atoms with E-state index in [-0.39, 0.29) is 11.7 Å². The predicted molar refractivity (Wildman–Crippen MR) is 126 cm³/mol. The second kappa shape index (κ2) is 8.32. The van der Waals surface area contributed by atoms with E-state index >= 15 is 0 Å². The van der Waals surface area contributed by atoms with Gasteiger partial charge in [0.1, 0.15) is 18.2 Å². The first-order chi connectivity index (χ1) is 16.1. The maximum absolute atomic E-state index is 13.8. The largest absolute Gasteiger partial charge is 0.492 e. The zero-order valence-corrected chi connectivity index (χ0v) is 19.3. The number of rotatable bonds is 6. The summed E-state index contributed by atoms with van der Waals surface area (Å²) in [5.41, 5.74) is 5.31. The van der Waals surface area contributed by atoms with Gasteiger partial charge in [0.25, 0.3) is 5.91 Å². The Kier molecular flexibility index (Phi) is 5.28. The van der Waals surface area contributed by atoms with Crippen molar-refractivity contribution < 1.29 is 13.9 Å². The molecule has 2 unspecified atom stereocenters. The summed E-state index contributed by atoms with van der Waals surface area (Å²) in [4.78, 5) is 17.3. The maximum Gasteiger partial charge on any atom is 0.254 e. The van der Waals surface area contributed by atoms with Gasteiger partial charge in [0.05, 0.1) is 5.56 Å². The van der Waals surface area contributed by atoms with Gasteiger partial charge in [-0.2, -0.15) is 0 Å². The van der Waals surface area contributed by atoms with Crippen molar-refractivity contribution in [3.8, 4) is 5.75 Å². The Hall–Kier alpha value is -2.60.